The Bertz CT molecular complexity index is 3790. The molecular formula is C59H40N2O. The quantitative estimate of drug-likeness (QED) is 0.162. The Morgan fingerprint density at radius 2 is 1.06 bits per heavy atom. The molecule has 62 heavy (non-hydrogen) atoms. The van der Waals surface area contributed by atoms with Crippen molar-refractivity contribution in [3.05, 3.63) is 217 Å². The fourth-order valence-corrected chi connectivity index (χ4v) is 10.7. The minimum Gasteiger partial charge on any atom is -0.456 e. The van der Waals surface area contributed by atoms with E-state index in [1.54, 1.807) is 0 Å². The third-order valence-electron chi connectivity index (χ3n) is 13.6. The topological polar surface area (TPSA) is 21.3 Å². The van der Waals surface area contributed by atoms with E-state index in [-0.39, 0.29) is 5.41 Å². The molecule has 2 aromatic heterocycles. The second kappa shape index (κ2) is 13.1. The number of furan rings is 1. The maximum absolute atomic E-state index is 6.72. The van der Waals surface area contributed by atoms with Crippen molar-refractivity contribution in [1.29, 1.82) is 0 Å². The van der Waals surface area contributed by atoms with Crippen molar-refractivity contribution >= 4 is 82.4 Å². The summed E-state index contributed by atoms with van der Waals surface area (Å²) in [6, 6.07) is 75.6. The zero-order chi connectivity index (χ0) is 41.1. The Balaban J connectivity index is 1.17. The van der Waals surface area contributed by atoms with Crippen LogP contribution in [-0.4, -0.2) is 4.57 Å². The number of fused-ring (bicyclic) bond motifs is 12. The largest absolute Gasteiger partial charge is 0.456 e. The van der Waals surface area contributed by atoms with E-state index in [1.165, 1.54) is 65.7 Å². The first kappa shape index (κ1) is 34.9. The van der Waals surface area contributed by atoms with E-state index in [9.17, 15) is 0 Å². The average Bonchev–Trinajstić information content (AvgIpc) is 3.94. The predicted octanol–water partition coefficient (Wildman–Crippen LogP) is 16.4. The first-order chi connectivity index (χ1) is 30.5. The van der Waals surface area contributed by atoms with Gasteiger partial charge in [-0.15, -0.1) is 0 Å². The standard InChI is InChI=1S/C59H40N2O/c1-59(2)50-25-13-10-22-44(50)45-30-28-39(35-51(45)59)60(40-29-31-47-46-23-11-14-26-52(46)61(54(47)36-40)38-17-4-3-5-18-38)53-32-33-56-58(48-24-12-15-27-55(48)62-56)57(53)49-34-37-16-6-7-19-41(37)42-20-8-9-21-43(42)49/h3-36H,1-2H3. The predicted molar refractivity (Wildman–Crippen MR) is 261 cm³/mol. The molecule has 0 atom stereocenters. The first-order valence-electron chi connectivity index (χ1n) is 21.5. The lowest BCUT2D eigenvalue weighted by molar-refractivity contribution is 0.660. The van der Waals surface area contributed by atoms with Crippen molar-refractivity contribution in [2.75, 3.05) is 4.90 Å². The van der Waals surface area contributed by atoms with Crippen molar-refractivity contribution in [2.24, 2.45) is 0 Å². The van der Waals surface area contributed by atoms with Gasteiger partial charge in [-0.1, -0.05) is 153 Å². The van der Waals surface area contributed by atoms with Crippen LogP contribution >= 0.6 is 0 Å². The second-order valence-corrected chi connectivity index (χ2v) is 17.2. The Labute approximate surface area is 359 Å². The van der Waals surface area contributed by atoms with E-state index in [2.05, 4.69) is 230 Å². The van der Waals surface area contributed by atoms with Crippen LogP contribution in [-0.2, 0) is 5.41 Å². The van der Waals surface area contributed by atoms with Crippen molar-refractivity contribution in [3.63, 3.8) is 0 Å². The van der Waals surface area contributed by atoms with E-state index in [1.807, 2.05) is 0 Å². The van der Waals surface area contributed by atoms with Gasteiger partial charge in [0.25, 0.3) is 0 Å². The third-order valence-corrected chi connectivity index (χ3v) is 13.6. The Kier molecular flexibility index (Phi) is 7.36. The zero-order valence-corrected chi connectivity index (χ0v) is 34.4. The molecule has 0 spiro atoms. The molecule has 3 nitrogen and oxygen atoms in total. The van der Waals surface area contributed by atoms with Crippen molar-refractivity contribution in [1.82, 2.24) is 4.57 Å². The summed E-state index contributed by atoms with van der Waals surface area (Å²) in [5.41, 5.74) is 15.9. The summed E-state index contributed by atoms with van der Waals surface area (Å²) in [6.07, 6.45) is 0. The fraction of sp³-hybridized carbons (Fsp3) is 0.0508. The number of aromatic nitrogens is 1. The molecular weight excluding hydrogens is 753 g/mol. The Morgan fingerprint density at radius 1 is 0.419 bits per heavy atom. The van der Waals surface area contributed by atoms with E-state index < -0.39 is 0 Å². The van der Waals surface area contributed by atoms with Crippen LogP contribution in [0.25, 0.3) is 93.2 Å². The number of benzene rings is 10. The summed E-state index contributed by atoms with van der Waals surface area (Å²) in [5, 5.41) is 9.54. The summed E-state index contributed by atoms with van der Waals surface area (Å²) in [6.45, 7) is 4.74. The van der Waals surface area contributed by atoms with Gasteiger partial charge in [0.05, 0.1) is 16.7 Å². The van der Waals surface area contributed by atoms with Crippen LogP contribution < -0.4 is 4.90 Å². The van der Waals surface area contributed by atoms with Gasteiger partial charge in [-0.3, -0.25) is 0 Å². The van der Waals surface area contributed by atoms with E-state index in [0.29, 0.717) is 0 Å². The summed E-state index contributed by atoms with van der Waals surface area (Å²) in [5.74, 6) is 0. The van der Waals surface area contributed by atoms with Gasteiger partial charge in [0.1, 0.15) is 11.2 Å². The van der Waals surface area contributed by atoms with Crippen LogP contribution in [0.15, 0.2) is 211 Å². The van der Waals surface area contributed by atoms with Crippen LogP contribution in [0.2, 0.25) is 0 Å². The number of nitrogens with zero attached hydrogens (tertiary/aromatic N) is 2. The lowest BCUT2D eigenvalue weighted by Crippen LogP contribution is -2.17. The average molecular weight is 793 g/mol. The second-order valence-electron chi connectivity index (χ2n) is 17.2. The van der Waals surface area contributed by atoms with Gasteiger partial charge >= 0.3 is 0 Å². The molecule has 292 valence electrons. The molecule has 10 aromatic carbocycles. The van der Waals surface area contributed by atoms with Gasteiger partial charge in [0.2, 0.25) is 0 Å². The highest BCUT2D eigenvalue weighted by molar-refractivity contribution is 6.23. The van der Waals surface area contributed by atoms with Gasteiger partial charge < -0.3 is 13.9 Å². The van der Waals surface area contributed by atoms with Gasteiger partial charge in [-0.25, -0.2) is 0 Å². The Morgan fingerprint density at radius 3 is 1.94 bits per heavy atom. The molecule has 0 N–H and O–H groups in total. The molecule has 0 unspecified atom stereocenters. The maximum atomic E-state index is 6.72. The number of para-hydroxylation sites is 3. The van der Waals surface area contributed by atoms with Crippen LogP contribution in [0, 0.1) is 0 Å². The van der Waals surface area contributed by atoms with Crippen molar-refractivity contribution in [3.8, 4) is 27.9 Å². The Hall–Kier alpha value is -7.88. The highest BCUT2D eigenvalue weighted by atomic mass is 16.3. The monoisotopic (exact) mass is 792 g/mol. The van der Waals surface area contributed by atoms with Crippen LogP contribution in [0.1, 0.15) is 25.0 Å². The van der Waals surface area contributed by atoms with Gasteiger partial charge in [0, 0.05) is 49.6 Å². The van der Waals surface area contributed by atoms with Gasteiger partial charge in [-0.2, -0.15) is 0 Å². The number of hydrogen-bond donors (Lipinski definition) is 0. The minimum absolute atomic E-state index is 0.181. The molecule has 13 rings (SSSR count). The van der Waals surface area contributed by atoms with Crippen LogP contribution in [0.5, 0.6) is 0 Å². The van der Waals surface area contributed by atoms with Gasteiger partial charge in [0.15, 0.2) is 0 Å². The van der Waals surface area contributed by atoms with Gasteiger partial charge in [-0.05, 0) is 116 Å². The maximum Gasteiger partial charge on any atom is 0.136 e. The van der Waals surface area contributed by atoms with Crippen molar-refractivity contribution < 1.29 is 4.42 Å². The molecule has 0 saturated carbocycles. The SMILES string of the molecule is CC1(C)c2ccccc2-c2ccc(N(c3ccc4c5ccccc5n(-c5ccccc5)c4c3)c3ccc4oc5ccccc5c4c3-c3cc4ccccc4c4ccccc34)cc21. The number of hydrogen-bond acceptors (Lipinski definition) is 2. The lowest BCUT2D eigenvalue weighted by atomic mass is 9.82. The number of anilines is 3. The van der Waals surface area contributed by atoms with Crippen LogP contribution in [0.3, 0.4) is 0 Å². The zero-order valence-electron chi connectivity index (χ0n) is 34.4. The summed E-state index contributed by atoms with van der Waals surface area (Å²) in [7, 11) is 0. The molecule has 1 aliphatic carbocycles. The smallest absolute Gasteiger partial charge is 0.136 e. The highest BCUT2D eigenvalue weighted by Gasteiger charge is 2.36. The highest BCUT2D eigenvalue weighted by Crippen LogP contribution is 2.54. The van der Waals surface area contributed by atoms with Crippen molar-refractivity contribution in [2.45, 2.75) is 19.3 Å². The van der Waals surface area contributed by atoms with Crippen LogP contribution in [0.4, 0.5) is 17.1 Å². The first-order valence-corrected chi connectivity index (χ1v) is 21.5. The molecule has 2 heterocycles. The molecule has 12 aromatic rings. The molecule has 0 saturated heterocycles. The number of rotatable bonds is 5. The van der Waals surface area contributed by atoms with E-state index >= 15 is 0 Å². The fourth-order valence-electron chi connectivity index (χ4n) is 10.7. The summed E-state index contributed by atoms with van der Waals surface area (Å²) >= 11 is 0. The molecule has 0 radical (unpaired) electrons. The summed E-state index contributed by atoms with van der Waals surface area (Å²) in [4.78, 5) is 2.51. The molecule has 0 fully saturated rings. The molecule has 0 amide bonds. The minimum atomic E-state index is -0.181. The lowest BCUT2D eigenvalue weighted by Gasteiger charge is -2.30. The molecule has 0 bridgehead atoms. The molecule has 3 heteroatoms. The third kappa shape index (κ3) is 4.94. The summed E-state index contributed by atoms with van der Waals surface area (Å²) < 4.78 is 9.13. The molecule has 1 aliphatic rings. The van der Waals surface area contributed by atoms with E-state index in [0.717, 1.165) is 55.8 Å². The molecule has 0 aliphatic heterocycles. The van der Waals surface area contributed by atoms with E-state index in [4.69, 9.17) is 4.42 Å². The normalized spacial score (nSPS) is 13.1.